The molecule has 0 spiro atoms. The molecule has 0 saturated heterocycles. The Bertz CT molecular complexity index is 636. The topological polar surface area (TPSA) is 72.5 Å². The fourth-order valence-electron chi connectivity index (χ4n) is 3.91. The van der Waals surface area contributed by atoms with Crippen molar-refractivity contribution < 1.29 is 19.1 Å². The Hall–Kier alpha value is -2.17. The van der Waals surface area contributed by atoms with Gasteiger partial charge in [0, 0.05) is 23.4 Å². The predicted molar refractivity (Wildman–Crippen MR) is 94.2 cm³/mol. The molecular weight excluding hydrogens is 318 g/mol. The summed E-state index contributed by atoms with van der Waals surface area (Å²) in [4.78, 5) is 36.5. The molecule has 134 valence electrons. The molecule has 0 heterocycles. The molecule has 1 aromatic carbocycles. The van der Waals surface area contributed by atoms with Crippen LogP contribution in [0.25, 0.3) is 0 Å². The number of hydrogen-bond donors (Lipinski definition) is 1. The van der Waals surface area contributed by atoms with Crippen LogP contribution in [-0.2, 0) is 14.3 Å². The van der Waals surface area contributed by atoms with E-state index in [-0.39, 0.29) is 29.6 Å². The minimum Gasteiger partial charge on any atom is -0.462 e. The number of carbonyl (C=O) groups is 3. The molecular formula is C20H25NO4. The molecule has 25 heavy (non-hydrogen) atoms. The Morgan fingerprint density at radius 3 is 2.36 bits per heavy atom. The predicted octanol–water partition coefficient (Wildman–Crippen LogP) is 3.59. The Balaban J connectivity index is 1.58. The van der Waals surface area contributed by atoms with E-state index < -0.39 is 0 Å². The van der Waals surface area contributed by atoms with Gasteiger partial charge in [-0.15, -0.1) is 0 Å². The summed E-state index contributed by atoms with van der Waals surface area (Å²) < 4.78 is 5.09. The zero-order valence-corrected chi connectivity index (χ0v) is 14.6. The summed E-state index contributed by atoms with van der Waals surface area (Å²) in [6, 6.07) is 6.75. The largest absolute Gasteiger partial charge is 0.462 e. The first-order valence-electron chi connectivity index (χ1n) is 9.20. The number of carbonyl (C=O) groups excluding carboxylic acids is 3. The van der Waals surface area contributed by atoms with Gasteiger partial charge in [-0.05, 0) is 56.4 Å². The Kier molecular flexibility index (Phi) is 5.51. The smallest absolute Gasteiger partial charge is 0.338 e. The lowest BCUT2D eigenvalue weighted by Crippen LogP contribution is -2.40. The normalized spacial score (nSPS) is 25.3. The minimum absolute atomic E-state index is 0.0225. The molecule has 2 aliphatic carbocycles. The zero-order chi connectivity index (χ0) is 17.8. The lowest BCUT2D eigenvalue weighted by Gasteiger charge is -2.36. The van der Waals surface area contributed by atoms with Crippen LogP contribution in [0.3, 0.4) is 0 Å². The number of benzene rings is 1. The second-order valence-electron chi connectivity index (χ2n) is 7.10. The number of anilines is 1. The molecule has 0 radical (unpaired) electrons. The van der Waals surface area contributed by atoms with Crippen LogP contribution in [0.2, 0.25) is 0 Å². The molecule has 2 bridgehead atoms. The van der Waals surface area contributed by atoms with Gasteiger partial charge in [0.25, 0.3) is 0 Å². The number of fused-ring (bicyclic) bond motifs is 2. The molecule has 0 aliphatic heterocycles. The average molecular weight is 343 g/mol. The summed E-state index contributed by atoms with van der Waals surface area (Å²) in [6.45, 7) is 2.35. The third-order valence-electron chi connectivity index (χ3n) is 5.24. The van der Waals surface area contributed by atoms with Crippen molar-refractivity contribution in [3.63, 3.8) is 0 Å². The third kappa shape index (κ3) is 4.09. The number of rotatable bonds is 5. The quantitative estimate of drug-likeness (QED) is 0.829. The number of ketones is 1. The van der Waals surface area contributed by atoms with E-state index in [9.17, 15) is 14.4 Å². The molecule has 5 nitrogen and oxygen atoms in total. The first-order valence-corrected chi connectivity index (χ1v) is 9.20. The van der Waals surface area contributed by atoms with Crippen LogP contribution in [0.5, 0.6) is 0 Å². The molecule has 1 N–H and O–H groups in total. The lowest BCUT2D eigenvalue weighted by atomic mass is 9.67. The van der Waals surface area contributed by atoms with Crippen molar-refractivity contribution >= 4 is 23.3 Å². The highest BCUT2D eigenvalue weighted by molar-refractivity contribution is 5.96. The maximum atomic E-state index is 12.6. The van der Waals surface area contributed by atoms with Crippen molar-refractivity contribution in [2.24, 2.45) is 17.8 Å². The van der Waals surface area contributed by atoms with Crippen LogP contribution in [-0.4, -0.2) is 24.3 Å². The molecule has 1 aromatic rings. The molecule has 1 amide bonds. The van der Waals surface area contributed by atoms with E-state index in [4.69, 9.17) is 4.74 Å². The van der Waals surface area contributed by atoms with Gasteiger partial charge in [-0.3, -0.25) is 9.59 Å². The SMILES string of the molecule is CCCOC(=O)c1ccc(NC(=O)C2C[C@H]3CCC[C@@H](C2)C3=O)cc1. The molecule has 2 aliphatic rings. The Morgan fingerprint density at radius 1 is 1.12 bits per heavy atom. The summed E-state index contributed by atoms with van der Waals surface area (Å²) in [5.41, 5.74) is 1.14. The van der Waals surface area contributed by atoms with E-state index in [1.807, 2.05) is 6.92 Å². The molecule has 1 unspecified atom stereocenters. The lowest BCUT2D eigenvalue weighted by molar-refractivity contribution is -0.136. The number of ether oxygens (including phenoxy) is 1. The van der Waals surface area contributed by atoms with Crippen molar-refractivity contribution in [2.45, 2.75) is 45.4 Å². The van der Waals surface area contributed by atoms with Gasteiger partial charge in [-0.2, -0.15) is 0 Å². The second kappa shape index (κ2) is 7.81. The van der Waals surface area contributed by atoms with Crippen LogP contribution in [0.15, 0.2) is 24.3 Å². The molecule has 5 heteroatoms. The van der Waals surface area contributed by atoms with E-state index >= 15 is 0 Å². The van der Waals surface area contributed by atoms with Crippen molar-refractivity contribution in [1.29, 1.82) is 0 Å². The van der Waals surface area contributed by atoms with Gasteiger partial charge in [0.1, 0.15) is 5.78 Å². The summed E-state index contributed by atoms with van der Waals surface area (Å²) >= 11 is 0. The van der Waals surface area contributed by atoms with E-state index in [1.165, 1.54) is 0 Å². The van der Waals surface area contributed by atoms with Crippen LogP contribution in [0.1, 0.15) is 55.8 Å². The van der Waals surface area contributed by atoms with E-state index in [1.54, 1.807) is 24.3 Å². The third-order valence-corrected chi connectivity index (χ3v) is 5.24. The van der Waals surface area contributed by atoms with Gasteiger partial charge in [0.15, 0.2) is 0 Å². The zero-order valence-electron chi connectivity index (χ0n) is 14.6. The number of amides is 1. The maximum Gasteiger partial charge on any atom is 0.338 e. The highest BCUT2D eigenvalue weighted by Gasteiger charge is 2.41. The summed E-state index contributed by atoms with van der Waals surface area (Å²) in [5, 5.41) is 2.92. The molecule has 0 aromatic heterocycles. The van der Waals surface area contributed by atoms with Crippen molar-refractivity contribution in [2.75, 3.05) is 11.9 Å². The summed E-state index contributed by atoms with van der Waals surface area (Å²) in [7, 11) is 0. The monoisotopic (exact) mass is 343 g/mol. The highest BCUT2D eigenvalue weighted by Crippen LogP contribution is 2.40. The van der Waals surface area contributed by atoms with Gasteiger partial charge in [-0.25, -0.2) is 4.79 Å². The maximum absolute atomic E-state index is 12.6. The highest BCUT2D eigenvalue weighted by atomic mass is 16.5. The Morgan fingerprint density at radius 2 is 1.76 bits per heavy atom. The van der Waals surface area contributed by atoms with E-state index in [0.29, 0.717) is 36.5 Å². The first kappa shape index (κ1) is 17.6. The van der Waals surface area contributed by atoms with Crippen LogP contribution in [0.4, 0.5) is 5.69 Å². The van der Waals surface area contributed by atoms with Gasteiger partial charge in [-0.1, -0.05) is 13.3 Å². The molecule has 2 saturated carbocycles. The first-order chi connectivity index (χ1) is 12.1. The van der Waals surface area contributed by atoms with Gasteiger partial charge in [0.2, 0.25) is 5.91 Å². The average Bonchev–Trinajstić information content (AvgIpc) is 2.60. The van der Waals surface area contributed by atoms with E-state index in [2.05, 4.69) is 5.32 Å². The molecule has 3 rings (SSSR count). The standard InChI is InChI=1S/C20H25NO4/c1-2-10-25-20(24)13-6-8-17(9-7-13)21-19(23)16-11-14-4-3-5-15(12-16)18(14)22/h6-9,14-16H,2-5,10-12H2,1H3,(H,21,23)/t14-,15+,16?. The van der Waals surface area contributed by atoms with E-state index in [0.717, 1.165) is 25.7 Å². The van der Waals surface area contributed by atoms with Gasteiger partial charge < -0.3 is 10.1 Å². The number of hydrogen-bond acceptors (Lipinski definition) is 4. The van der Waals surface area contributed by atoms with Crippen molar-refractivity contribution in [3.05, 3.63) is 29.8 Å². The molecule has 2 fully saturated rings. The van der Waals surface area contributed by atoms with Crippen molar-refractivity contribution in [3.8, 4) is 0 Å². The van der Waals surface area contributed by atoms with Crippen LogP contribution in [0, 0.1) is 17.8 Å². The summed E-state index contributed by atoms with van der Waals surface area (Å²) in [6.07, 6.45) is 5.07. The minimum atomic E-state index is -0.349. The van der Waals surface area contributed by atoms with Crippen molar-refractivity contribution in [1.82, 2.24) is 0 Å². The van der Waals surface area contributed by atoms with Gasteiger partial charge in [0.05, 0.1) is 12.2 Å². The Labute approximate surface area is 148 Å². The fraction of sp³-hybridized carbons (Fsp3) is 0.550. The van der Waals surface area contributed by atoms with Crippen LogP contribution < -0.4 is 5.32 Å². The fourth-order valence-corrected chi connectivity index (χ4v) is 3.91. The van der Waals surface area contributed by atoms with Gasteiger partial charge >= 0.3 is 5.97 Å². The number of Topliss-reactive ketones (excluding diaryl/α,β-unsaturated/α-hetero) is 1. The van der Waals surface area contributed by atoms with Crippen LogP contribution >= 0.6 is 0 Å². The second-order valence-corrected chi connectivity index (χ2v) is 7.10. The summed E-state index contributed by atoms with van der Waals surface area (Å²) in [5.74, 6) is 0.0365. The number of esters is 1. The molecule has 3 atom stereocenters. The number of nitrogens with one attached hydrogen (secondary N) is 1.